The van der Waals surface area contributed by atoms with Gasteiger partial charge in [-0.3, -0.25) is 0 Å². The molecule has 1 aromatic heterocycles. The normalized spacial score (nSPS) is 10.2. The monoisotopic (exact) mass is 198 g/mol. The van der Waals surface area contributed by atoms with E-state index in [9.17, 15) is 0 Å². The van der Waals surface area contributed by atoms with Gasteiger partial charge in [0, 0.05) is 18.9 Å². The Hall–Kier alpha value is -1.83. The molecular weight excluding hydrogens is 184 g/mol. The minimum Gasteiger partial charge on any atom is -0.350 e. The first-order chi connectivity index (χ1) is 7.24. The van der Waals surface area contributed by atoms with Gasteiger partial charge in [0.25, 0.3) is 0 Å². The summed E-state index contributed by atoms with van der Waals surface area (Å²) in [5.74, 6) is 0. The standard InChI is InChI=1S/C13H14N2/c1-11-2-4-12(5-3-11)10-15-8-6-13(14)7-9-15/h2-9,14H,10H2,1H3. The van der Waals surface area contributed by atoms with Gasteiger partial charge in [-0.25, -0.2) is 0 Å². The van der Waals surface area contributed by atoms with Gasteiger partial charge in [0.2, 0.25) is 0 Å². The molecule has 2 rings (SSSR count). The van der Waals surface area contributed by atoms with E-state index in [1.54, 1.807) is 12.1 Å². The van der Waals surface area contributed by atoms with Crippen LogP contribution in [-0.2, 0) is 6.54 Å². The highest BCUT2D eigenvalue weighted by Gasteiger charge is 1.92. The SMILES string of the molecule is Cc1ccc(Cn2ccc(=N)cc2)cc1. The molecule has 0 aliphatic rings. The molecule has 0 radical (unpaired) electrons. The molecule has 0 spiro atoms. The van der Waals surface area contributed by atoms with Crippen LogP contribution in [0.15, 0.2) is 48.8 Å². The summed E-state index contributed by atoms with van der Waals surface area (Å²) >= 11 is 0. The number of benzene rings is 1. The minimum atomic E-state index is 0.551. The number of nitrogens with one attached hydrogen (secondary N) is 1. The summed E-state index contributed by atoms with van der Waals surface area (Å²) in [5, 5.41) is 7.94. The van der Waals surface area contributed by atoms with Crippen LogP contribution in [-0.4, -0.2) is 4.57 Å². The van der Waals surface area contributed by atoms with Crippen LogP contribution in [0.4, 0.5) is 0 Å². The summed E-state index contributed by atoms with van der Waals surface area (Å²) in [4.78, 5) is 0. The van der Waals surface area contributed by atoms with Crippen LogP contribution in [0, 0.1) is 12.3 Å². The highest BCUT2D eigenvalue weighted by atomic mass is 14.9. The molecule has 1 aromatic carbocycles. The van der Waals surface area contributed by atoms with Gasteiger partial charge in [0.15, 0.2) is 0 Å². The van der Waals surface area contributed by atoms with Crippen LogP contribution in [0.3, 0.4) is 0 Å². The van der Waals surface area contributed by atoms with E-state index in [4.69, 9.17) is 5.41 Å². The van der Waals surface area contributed by atoms with Gasteiger partial charge >= 0.3 is 0 Å². The average Bonchev–Trinajstić information content (AvgIpc) is 2.25. The van der Waals surface area contributed by atoms with E-state index in [0.717, 1.165) is 6.54 Å². The molecule has 0 bridgehead atoms. The zero-order valence-electron chi connectivity index (χ0n) is 8.77. The van der Waals surface area contributed by atoms with Gasteiger partial charge in [-0.15, -0.1) is 0 Å². The number of rotatable bonds is 2. The number of hydrogen-bond donors (Lipinski definition) is 1. The average molecular weight is 198 g/mol. The maximum absolute atomic E-state index is 7.39. The Balaban J connectivity index is 2.18. The lowest BCUT2D eigenvalue weighted by Crippen LogP contribution is -2.04. The molecule has 0 aliphatic heterocycles. The Labute approximate surface area is 89.3 Å². The molecule has 76 valence electrons. The van der Waals surface area contributed by atoms with Crippen molar-refractivity contribution in [2.24, 2.45) is 0 Å². The lowest BCUT2D eigenvalue weighted by atomic mass is 10.1. The third-order valence-corrected chi connectivity index (χ3v) is 2.38. The summed E-state index contributed by atoms with van der Waals surface area (Å²) in [6, 6.07) is 12.1. The van der Waals surface area contributed by atoms with Crippen molar-refractivity contribution < 1.29 is 0 Å². The fourth-order valence-corrected chi connectivity index (χ4v) is 1.47. The van der Waals surface area contributed by atoms with Gasteiger partial charge < -0.3 is 9.98 Å². The van der Waals surface area contributed by atoms with Crippen LogP contribution in [0.25, 0.3) is 0 Å². The van der Waals surface area contributed by atoms with E-state index in [-0.39, 0.29) is 0 Å². The van der Waals surface area contributed by atoms with E-state index in [2.05, 4.69) is 35.8 Å². The molecule has 0 saturated heterocycles. The first kappa shape index (κ1) is 9.71. The summed E-state index contributed by atoms with van der Waals surface area (Å²) in [7, 11) is 0. The number of aromatic nitrogens is 1. The Morgan fingerprint density at radius 3 is 2.20 bits per heavy atom. The van der Waals surface area contributed by atoms with Gasteiger partial charge in [0.1, 0.15) is 0 Å². The lowest BCUT2D eigenvalue weighted by Gasteiger charge is -2.06. The molecule has 2 aromatic rings. The van der Waals surface area contributed by atoms with E-state index in [1.807, 2.05) is 12.4 Å². The maximum atomic E-state index is 7.39. The molecule has 0 amide bonds. The van der Waals surface area contributed by atoms with Crippen molar-refractivity contribution >= 4 is 0 Å². The van der Waals surface area contributed by atoms with Gasteiger partial charge in [-0.1, -0.05) is 29.8 Å². The highest BCUT2D eigenvalue weighted by molar-refractivity contribution is 5.21. The zero-order chi connectivity index (χ0) is 10.7. The number of nitrogens with zero attached hydrogens (tertiary/aromatic N) is 1. The summed E-state index contributed by atoms with van der Waals surface area (Å²) in [5.41, 5.74) is 2.56. The number of aryl methyl sites for hydroxylation is 1. The van der Waals surface area contributed by atoms with Crippen molar-refractivity contribution in [2.75, 3.05) is 0 Å². The molecule has 0 aliphatic carbocycles. The Kier molecular flexibility index (Phi) is 2.68. The van der Waals surface area contributed by atoms with Crippen molar-refractivity contribution in [1.82, 2.24) is 4.57 Å². The van der Waals surface area contributed by atoms with Crippen LogP contribution in [0.5, 0.6) is 0 Å². The highest BCUT2D eigenvalue weighted by Crippen LogP contribution is 2.04. The summed E-state index contributed by atoms with van der Waals surface area (Å²) in [6.07, 6.45) is 3.87. The van der Waals surface area contributed by atoms with E-state index >= 15 is 0 Å². The van der Waals surface area contributed by atoms with E-state index in [1.165, 1.54) is 11.1 Å². The Morgan fingerprint density at radius 2 is 1.60 bits per heavy atom. The second kappa shape index (κ2) is 4.13. The van der Waals surface area contributed by atoms with Crippen LogP contribution < -0.4 is 5.36 Å². The van der Waals surface area contributed by atoms with Crippen molar-refractivity contribution in [3.05, 3.63) is 65.3 Å². The third kappa shape index (κ3) is 2.56. The molecule has 15 heavy (non-hydrogen) atoms. The van der Waals surface area contributed by atoms with E-state index in [0.29, 0.717) is 5.36 Å². The fraction of sp³-hybridized carbons (Fsp3) is 0.154. The molecular formula is C13H14N2. The smallest absolute Gasteiger partial charge is 0.0568 e. The molecule has 1 heterocycles. The Morgan fingerprint density at radius 1 is 1.00 bits per heavy atom. The predicted octanol–water partition coefficient (Wildman–Crippen LogP) is 2.32. The number of hydrogen-bond acceptors (Lipinski definition) is 1. The van der Waals surface area contributed by atoms with Crippen molar-refractivity contribution in [1.29, 1.82) is 5.41 Å². The van der Waals surface area contributed by atoms with Gasteiger partial charge in [0.05, 0.1) is 5.36 Å². The van der Waals surface area contributed by atoms with Gasteiger partial charge in [-0.05, 0) is 24.6 Å². The van der Waals surface area contributed by atoms with Crippen LogP contribution >= 0.6 is 0 Å². The van der Waals surface area contributed by atoms with Gasteiger partial charge in [-0.2, -0.15) is 0 Å². The molecule has 2 heteroatoms. The Bertz CT molecular complexity index is 474. The molecule has 1 N–H and O–H groups in total. The van der Waals surface area contributed by atoms with Crippen molar-refractivity contribution in [2.45, 2.75) is 13.5 Å². The summed E-state index contributed by atoms with van der Waals surface area (Å²) in [6.45, 7) is 2.95. The topological polar surface area (TPSA) is 28.8 Å². The molecule has 0 saturated carbocycles. The fourth-order valence-electron chi connectivity index (χ4n) is 1.47. The molecule has 0 unspecified atom stereocenters. The van der Waals surface area contributed by atoms with E-state index < -0.39 is 0 Å². The number of pyridine rings is 1. The second-order valence-electron chi connectivity index (χ2n) is 3.74. The molecule has 2 nitrogen and oxygen atoms in total. The minimum absolute atomic E-state index is 0.551. The predicted molar refractivity (Wildman–Crippen MR) is 60.6 cm³/mol. The third-order valence-electron chi connectivity index (χ3n) is 2.38. The molecule has 0 atom stereocenters. The zero-order valence-corrected chi connectivity index (χ0v) is 8.77. The quantitative estimate of drug-likeness (QED) is 0.767. The molecule has 0 fully saturated rings. The van der Waals surface area contributed by atoms with Crippen LogP contribution in [0.2, 0.25) is 0 Å². The van der Waals surface area contributed by atoms with Crippen molar-refractivity contribution in [3.8, 4) is 0 Å². The summed E-state index contributed by atoms with van der Waals surface area (Å²) < 4.78 is 2.07. The van der Waals surface area contributed by atoms with Crippen LogP contribution in [0.1, 0.15) is 11.1 Å². The largest absolute Gasteiger partial charge is 0.350 e. The first-order valence-electron chi connectivity index (χ1n) is 5.00. The first-order valence-corrected chi connectivity index (χ1v) is 5.00. The van der Waals surface area contributed by atoms with Crippen molar-refractivity contribution in [3.63, 3.8) is 0 Å². The maximum Gasteiger partial charge on any atom is 0.0568 e. The lowest BCUT2D eigenvalue weighted by molar-refractivity contribution is 0.786. The second-order valence-corrected chi connectivity index (χ2v) is 3.74.